The molecular formula is C18H28ClN3O2. The minimum Gasteiger partial charge on any atom is -0.352 e. The zero-order chi connectivity index (χ0) is 17.0. The standard InChI is InChI=1S/C18H27N3O2.ClH/c1-18(19)10-5-4-9-15(18)16(22)20-12-13-7-6-8-14(11-13)17(23)21(2)3;/h6-8,11,15H,4-5,9-10,12,19H2,1-3H3,(H,20,22);1H. The zero-order valence-electron chi connectivity index (χ0n) is 14.7. The summed E-state index contributed by atoms with van der Waals surface area (Å²) < 4.78 is 0. The number of hydrogen-bond donors (Lipinski definition) is 2. The van der Waals surface area contributed by atoms with Gasteiger partial charge in [0.05, 0.1) is 5.92 Å². The largest absolute Gasteiger partial charge is 0.352 e. The van der Waals surface area contributed by atoms with Crippen molar-refractivity contribution < 1.29 is 9.59 Å². The number of rotatable bonds is 4. The molecule has 0 saturated heterocycles. The molecule has 2 unspecified atom stereocenters. The third-order valence-corrected chi connectivity index (χ3v) is 4.62. The quantitative estimate of drug-likeness (QED) is 0.872. The highest BCUT2D eigenvalue weighted by molar-refractivity contribution is 5.94. The second kappa shape index (κ2) is 8.49. The molecule has 1 saturated carbocycles. The van der Waals surface area contributed by atoms with Crippen molar-refractivity contribution in [1.82, 2.24) is 10.2 Å². The topological polar surface area (TPSA) is 75.4 Å². The molecule has 134 valence electrons. The van der Waals surface area contributed by atoms with Gasteiger partial charge in [0.2, 0.25) is 5.91 Å². The van der Waals surface area contributed by atoms with Crippen LogP contribution in [0.15, 0.2) is 24.3 Å². The van der Waals surface area contributed by atoms with Gasteiger partial charge in [0.15, 0.2) is 0 Å². The van der Waals surface area contributed by atoms with E-state index >= 15 is 0 Å². The van der Waals surface area contributed by atoms with E-state index in [0.29, 0.717) is 12.1 Å². The fourth-order valence-corrected chi connectivity index (χ4v) is 3.17. The lowest BCUT2D eigenvalue weighted by Gasteiger charge is -2.37. The first-order valence-corrected chi connectivity index (χ1v) is 8.18. The van der Waals surface area contributed by atoms with Gasteiger partial charge in [-0.3, -0.25) is 9.59 Å². The Bertz CT molecular complexity index is 587. The number of nitrogens with zero attached hydrogens (tertiary/aromatic N) is 1. The van der Waals surface area contributed by atoms with Crippen LogP contribution in [0.4, 0.5) is 0 Å². The van der Waals surface area contributed by atoms with E-state index in [1.54, 1.807) is 25.1 Å². The van der Waals surface area contributed by atoms with Crippen LogP contribution in [0.2, 0.25) is 0 Å². The lowest BCUT2D eigenvalue weighted by Crippen LogP contribution is -2.52. The molecule has 0 bridgehead atoms. The first-order valence-electron chi connectivity index (χ1n) is 8.18. The van der Waals surface area contributed by atoms with Gasteiger partial charge in [-0.05, 0) is 37.5 Å². The van der Waals surface area contributed by atoms with Crippen molar-refractivity contribution >= 4 is 24.2 Å². The summed E-state index contributed by atoms with van der Waals surface area (Å²) in [4.78, 5) is 26.0. The van der Waals surface area contributed by atoms with Crippen LogP contribution < -0.4 is 11.1 Å². The van der Waals surface area contributed by atoms with Crippen LogP contribution in [0.25, 0.3) is 0 Å². The number of nitrogens with two attached hydrogens (primary N) is 1. The summed E-state index contributed by atoms with van der Waals surface area (Å²) in [6.07, 6.45) is 3.87. The number of carbonyl (C=O) groups is 2. The fourth-order valence-electron chi connectivity index (χ4n) is 3.17. The van der Waals surface area contributed by atoms with Crippen LogP contribution in [0, 0.1) is 5.92 Å². The Morgan fingerprint density at radius 3 is 2.67 bits per heavy atom. The maximum absolute atomic E-state index is 12.4. The first kappa shape index (κ1) is 20.5. The number of halogens is 1. The summed E-state index contributed by atoms with van der Waals surface area (Å²) in [5.41, 5.74) is 7.40. The van der Waals surface area contributed by atoms with E-state index in [1.165, 1.54) is 0 Å². The minimum absolute atomic E-state index is 0. The van der Waals surface area contributed by atoms with Crippen LogP contribution in [-0.2, 0) is 11.3 Å². The Morgan fingerprint density at radius 1 is 1.33 bits per heavy atom. The van der Waals surface area contributed by atoms with E-state index in [4.69, 9.17) is 5.73 Å². The van der Waals surface area contributed by atoms with Crippen molar-refractivity contribution in [3.8, 4) is 0 Å². The summed E-state index contributed by atoms with van der Waals surface area (Å²) in [5.74, 6) is -0.165. The molecule has 2 atom stereocenters. The Kier molecular flexibility index (Phi) is 7.24. The lowest BCUT2D eigenvalue weighted by atomic mass is 9.74. The Morgan fingerprint density at radius 2 is 2.04 bits per heavy atom. The molecule has 0 spiro atoms. The SMILES string of the molecule is CN(C)C(=O)c1cccc(CNC(=O)C2CCCCC2(C)N)c1.Cl. The molecular weight excluding hydrogens is 326 g/mol. The van der Waals surface area contributed by atoms with Crippen LogP contribution >= 0.6 is 12.4 Å². The van der Waals surface area contributed by atoms with Crippen molar-refractivity contribution in [2.45, 2.75) is 44.7 Å². The Balaban J connectivity index is 0.00000288. The monoisotopic (exact) mass is 353 g/mol. The summed E-state index contributed by atoms with van der Waals surface area (Å²) in [7, 11) is 3.45. The molecule has 1 aromatic rings. The Hall–Kier alpha value is -1.59. The molecule has 2 amide bonds. The highest BCUT2D eigenvalue weighted by Gasteiger charge is 2.37. The van der Waals surface area contributed by atoms with Gasteiger partial charge in [-0.2, -0.15) is 0 Å². The van der Waals surface area contributed by atoms with Crippen LogP contribution in [0.3, 0.4) is 0 Å². The van der Waals surface area contributed by atoms with E-state index in [1.807, 2.05) is 25.1 Å². The van der Waals surface area contributed by atoms with E-state index in [9.17, 15) is 9.59 Å². The second-order valence-electron chi connectivity index (χ2n) is 6.92. The molecule has 0 heterocycles. The van der Waals surface area contributed by atoms with Gasteiger partial charge in [-0.25, -0.2) is 0 Å². The summed E-state index contributed by atoms with van der Waals surface area (Å²) in [6, 6.07) is 7.36. The number of carbonyl (C=O) groups excluding carboxylic acids is 2. The van der Waals surface area contributed by atoms with Gasteiger partial charge >= 0.3 is 0 Å². The molecule has 0 aliphatic heterocycles. The maximum Gasteiger partial charge on any atom is 0.253 e. The molecule has 2 rings (SSSR count). The molecule has 24 heavy (non-hydrogen) atoms. The molecule has 5 nitrogen and oxygen atoms in total. The summed E-state index contributed by atoms with van der Waals surface area (Å²) in [5, 5.41) is 2.98. The number of amides is 2. The minimum atomic E-state index is -0.426. The molecule has 3 N–H and O–H groups in total. The van der Waals surface area contributed by atoms with Gasteiger partial charge in [0.1, 0.15) is 0 Å². The van der Waals surface area contributed by atoms with Crippen LogP contribution in [-0.4, -0.2) is 36.3 Å². The fraction of sp³-hybridized carbons (Fsp3) is 0.556. The smallest absolute Gasteiger partial charge is 0.253 e. The predicted molar refractivity (Wildman–Crippen MR) is 98.1 cm³/mol. The average Bonchev–Trinajstić information content (AvgIpc) is 2.51. The zero-order valence-corrected chi connectivity index (χ0v) is 15.5. The van der Waals surface area contributed by atoms with Crippen molar-refractivity contribution in [1.29, 1.82) is 0 Å². The van der Waals surface area contributed by atoms with Crippen LogP contribution in [0.5, 0.6) is 0 Å². The van der Waals surface area contributed by atoms with E-state index in [0.717, 1.165) is 31.2 Å². The molecule has 1 aromatic carbocycles. The van der Waals surface area contributed by atoms with Crippen molar-refractivity contribution in [2.75, 3.05) is 14.1 Å². The predicted octanol–water partition coefficient (Wildman–Crippen LogP) is 2.33. The molecule has 6 heteroatoms. The number of benzene rings is 1. The maximum atomic E-state index is 12.4. The molecule has 1 aliphatic rings. The van der Waals surface area contributed by atoms with Gasteiger partial charge in [0.25, 0.3) is 5.91 Å². The molecule has 0 radical (unpaired) electrons. The molecule has 0 aromatic heterocycles. The second-order valence-corrected chi connectivity index (χ2v) is 6.92. The van der Waals surface area contributed by atoms with Crippen LogP contribution in [0.1, 0.15) is 48.5 Å². The average molecular weight is 354 g/mol. The molecule has 1 fully saturated rings. The number of nitrogens with one attached hydrogen (secondary N) is 1. The van der Waals surface area contributed by atoms with Crippen molar-refractivity contribution in [3.63, 3.8) is 0 Å². The molecule has 1 aliphatic carbocycles. The third kappa shape index (κ3) is 4.95. The van der Waals surface area contributed by atoms with Gasteiger partial charge in [0, 0.05) is 31.7 Å². The van der Waals surface area contributed by atoms with E-state index in [2.05, 4.69) is 5.32 Å². The van der Waals surface area contributed by atoms with E-state index < -0.39 is 5.54 Å². The highest BCUT2D eigenvalue weighted by Crippen LogP contribution is 2.31. The lowest BCUT2D eigenvalue weighted by molar-refractivity contribution is -0.128. The van der Waals surface area contributed by atoms with Gasteiger partial charge in [-0.15, -0.1) is 12.4 Å². The summed E-state index contributed by atoms with van der Waals surface area (Å²) in [6.45, 7) is 2.38. The summed E-state index contributed by atoms with van der Waals surface area (Å²) >= 11 is 0. The van der Waals surface area contributed by atoms with Gasteiger partial charge in [-0.1, -0.05) is 25.0 Å². The van der Waals surface area contributed by atoms with E-state index in [-0.39, 0.29) is 30.1 Å². The first-order chi connectivity index (χ1) is 10.8. The van der Waals surface area contributed by atoms with Gasteiger partial charge < -0.3 is 16.0 Å². The van der Waals surface area contributed by atoms with Crippen molar-refractivity contribution in [3.05, 3.63) is 35.4 Å². The highest BCUT2D eigenvalue weighted by atomic mass is 35.5. The normalized spacial score (nSPS) is 23.1. The third-order valence-electron chi connectivity index (χ3n) is 4.62. The van der Waals surface area contributed by atoms with Crippen molar-refractivity contribution in [2.24, 2.45) is 11.7 Å². The number of hydrogen-bond acceptors (Lipinski definition) is 3. The Labute approximate surface area is 150 Å².